The van der Waals surface area contributed by atoms with Crippen LogP contribution in [0.3, 0.4) is 0 Å². The van der Waals surface area contributed by atoms with Crippen LogP contribution in [-0.4, -0.2) is 42.1 Å². The molecule has 2 rings (SSSR count). The zero-order valence-electron chi connectivity index (χ0n) is 20.2. The molecule has 0 unspecified atom stereocenters. The summed E-state index contributed by atoms with van der Waals surface area (Å²) in [4.78, 5) is 26.3. The number of ether oxygens (including phenoxy) is 1. The fourth-order valence-electron chi connectivity index (χ4n) is 4.23. The Kier molecular flexibility index (Phi) is 10.4. The van der Waals surface area contributed by atoms with E-state index < -0.39 is 40.8 Å². The zero-order chi connectivity index (χ0) is 27.0. The van der Waals surface area contributed by atoms with Gasteiger partial charge < -0.3 is 15.4 Å². The van der Waals surface area contributed by atoms with Crippen LogP contribution in [0.1, 0.15) is 75.8 Å². The third-order valence-electron chi connectivity index (χ3n) is 6.23. The molecule has 0 atom stereocenters. The number of halogens is 6. The minimum Gasteiger partial charge on any atom is -0.449 e. The van der Waals surface area contributed by atoms with E-state index >= 15 is 0 Å². The van der Waals surface area contributed by atoms with Gasteiger partial charge in [0.1, 0.15) is 0 Å². The Morgan fingerprint density at radius 1 is 0.972 bits per heavy atom. The number of carbonyl (C=O) groups excluding carboxylic acids is 2. The fraction of sp³-hybridized carbons (Fsp3) is 0.667. The molecular formula is C24H33F6N3O3. The number of carbonyl (C=O) groups is 2. The van der Waals surface area contributed by atoms with Gasteiger partial charge in [-0.15, -0.1) is 0 Å². The molecule has 1 aromatic rings. The van der Waals surface area contributed by atoms with Gasteiger partial charge in [0.05, 0.1) is 17.7 Å². The molecule has 1 fully saturated rings. The van der Waals surface area contributed by atoms with Crippen molar-refractivity contribution in [2.75, 3.05) is 25.0 Å². The van der Waals surface area contributed by atoms with Crippen molar-refractivity contribution in [2.45, 2.75) is 82.6 Å². The van der Waals surface area contributed by atoms with Gasteiger partial charge in [-0.05, 0) is 50.8 Å². The van der Waals surface area contributed by atoms with Crippen LogP contribution >= 0.6 is 0 Å². The molecule has 36 heavy (non-hydrogen) atoms. The van der Waals surface area contributed by atoms with Crippen LogP contribution in [0.4, 0.5) is 36.8 Å². The van der Waals surface area contributed by atoms with Crippen molar-refractivity contribution in [1.82, 2.24) is 4.90 Å². The van der Waals surface area contributed by atoms with Crippen molar-refractivity contribution in [1.29, 1.82) is 0 Å². The van der Waals surface area contributed by atoms with E-state index in [1.54, 1.807) is 4.90 Å². The lowest BCUT2D eigenvalue weighted by molar-refractivity contribution is -0.143. The second-order valence-electron chi connectivity index (χ2n) is 9.19. The zero-order valence-corrected chi connectivity index (χ0v) is 20.2. The van der Waals surface area contributed by atoms with Crippen molar-refractivity contribution in [3.8, 4) is 0 Å². The third-order valence-corrected chi connectivity index (χ3v) is 6.23. The molecule has 1 aliphatic carbocycles. The maximum atomic E-state index is 12.9. The standard InChI is InChI=1S/C24H33F6N3O3/c1-2-33(20(34)16-22(31)9-5-3-4-6-10-22)11-7-8-12-36-21(35)32-19-14-17(23(25,26)27)13-18(15-19)24(28,29)30/h13-15H,2-12,16,31H2,1H3,(H,32,35). The van der Waals surface area contributed by atoms with Gasteiger partial charge in [-0.1, -0.05) is 25.7 Å². The highest BCUT2D eigenvalue weighted by Crippen LogP contribution is 2.37. The number of benzene rings is 1. The molecule has 2 amide bonds. The van der Waals surface area contributed by atoms with E-state index in [1.807, 2.05) is 12.2 Å². The number of nitrogens with zero attached hydrogens (tertiary/aromatic N) is 1. The number of alkyl halides is 6. The van der Waals surface area contributed by atoms with Crippen molar-refractivity contribution < 1.29 is 40.7 Å². The lowest BCUT2D eigenvalue weighted by atomic mass is 9.87. The Balaban J connectivity index is 1.81. The summed E-state index contributed by atoms with van der Waals surface area (Å²) in [6, 6.07) is 0.777. The Morgan fingerprint density at radius 3 is 2.03 bits per heavy atom. The van der Waals surface area contributed by atoms with Crippen LogP contribution in [0.2, 0.25) is 0 Å². The van der Waals surface area contributed by atoms with Gasteiger partial charge in [0.2, 0.25) is 5.91 Å². The highest BCUT2D eigenvalue weighted by Gasteiger charge is 2.37. The molecule has 1 aromatic carbocycles. The molecule has 0 bridgehead atoms. The maximum Gasteiger partial charge on any atom is 0.416 e. The number of hydrogen-bond donors (Lipinski definition) is 2. The number of nitrogens with two attached hydrogens (primary N) is 1. The van der Waals surface area contributed by atoms with E-state index in [2.05, 4.69) is 0 Å². The number of unbranched alkanes of at least 4 members (excludes halogenated alkanes) is 1. The Hall–Kier alpha value is -2.50. The summed E-state index contributed by atoms with van der Waals surface area (Å²) in [6.07, 6.45) is -4.22. The molecule has 0 heterocycles. The van der Waals surface area contributed by atoms with Crippen molar-refractivity contribution in [3.63, 3.8) is 0 Å². The highest BCUT2D eigenvalue weighted by molar-refractivity contribution is 5.85. The normalized spacial score (nSPS) is 16.2. The molecule has 0 aromatic heterocycles. The van der Waals surface area contributed by atoms with E-state index in [0.717, 1.165) is 38.5 Å². The lowest BCUT2D eigenvalue weighted by Crippen LogP contribution is -2.45. The SMILES string of the molecule is CCN(CCCCOC(=O)Nc1cc(C(F)(F)F)cc(C(F)(F)F)c1)C(=O)CC1(N)CCCCCC1. The molecule has 0 saturated heterocycles. The fourth-order valence-corrected chi connectivity index (χ4v) is 4.23. The summed E-state index contributed by atoms with van der Waals surface area (Å²) in [5.41, 5.74) is 2.20. The van der Waals surface area contributed by atoms with E-state index in [1.165, 1.54) is 0 Å². The van der Waals surface area contributed by atoms with Crippen LogP contribution < -0.4 is 11.1 Å². The smallest absolute Gasteiger partial charge is 0.416 e. The first-order chi connectivity index (χ1) is 16.7. The summed E-state index contributed by atoms with van der Waals surface area (Å²) in [5.74, 6) is -0.0365. The summed E-state index contributed by atoms with van der Waals surface area (Å²) < 4.78 is 82.5. The number of rotatable bonds is 9. The monoisotopic (exact) mass is 525 g/mol. The maximum absolute atomic E-state index is 12.9. The number of amides is 2. The first kappa shape index (κ1) is 29.7. The Labute approximate surface area is 206 Å². The van der Waals surface area contributed by atoms with Crippen LogP contribution in [0.15, 0.2) is 18.2 Å². The topological polar surface area (TPSA) is 84.7 Å². The first-order valence-corrected chi connectivity index (χ1v) is 12.0. The van der Waals surface area contributed by atoms with Crippen LogP contribution in [0.5, 0.6) is 0 Å². The third kappa shape index (κ3) is 9.51. The van der Waals surface area contributed by atoms with Gasteiger partial charge in [0.15, 0.2) is 0 Å². The van der Waals surface area contributed by atoms with Crippen LogP contribution in [0, 0.1) is 0 Å². The van der Waals surface area contributed by atoms with Crippen LogP contribution in [-0.2, 0) is 21.9 Å². The van der Waals surface area contributed by atoms with Crippen molar-refractivity contribution in [3.05, 3.63) is 29.3 Å². The van der Waals surface area contributed by atoms with E-state index in [9.17, 15) is 35.9 Å². The summed E-state index contributed by atoms with van der Waals surface area (Å²) >= 11 is 0. The van der Waals surface area contributed by atoms with Gasteiger partial charge in [-0.3, -0.25) is 10.1 Å². The summed E-state index contributed by atoms with van der Waals surface area (Å²) in [7, 11) is 0. The molecule has 0 spiro atoms. The quantitative estimate of drug-likeness (QED) is 0.224. The van der Waals surface area contributed by atoms with Gasteiger partial charge in [0.25, 0.3) is 0 Å². The Bertz CT molecular complexity index is 849. The van der Waals surface area contributed by atoms with Crippen molar-refractivity contribution >= 4 is 17.7 Å². The van der Waals surface area contributed by atoms with E-state index in [0.29, 0.717) is 38.1 Å². The van der Waals surface area contributed by atoms with Gasteiger partial charge in [0, 0.05) is 30.7 Å². The molecule has 0 radical (unpaired) electrons. The molecule has 12 heteroatoms. The molecule has 0 aliphatic heterocycles. The molecule has 1 aliphatic rings. The number of hydrogen-bond acceptors (Lipinski definition) is 4. The average Bonchev–Trinajstić information content (AvgIpc) is 2.98. The number of nitrogens with one attached hydrogen (secondary N) is 1. The second-order valence-corrected chi connectivity index (χ2v) is 9.19. The highest BCUT2D eigenvalue weighted by atomic mass is 19.4. The molecule has 6 nitrogen and oxygen atoms in total. The largest absolute Gasteiger partial charge is 0.449 e. The van der Waals surface area contributed by atoms with Gasteiger partial charge in [-0.25, -0.2) is 4.79 Å². The van der Waals surface area contributed by atoms with E-state index in [4.69, 9.17) is 10.5 Å². The Morgan fingerprint density at radius 2 is 1.53 bits per heavy atom. The predicted molar refractivity (Wildman–Crippen MR) is 122 cm³/mol. The van der Waals surface area contributed by atoms with Crippen LogP contribution in [0.25, 0.3) is 0 Å². The minimum absolute atomic E-state index is 0.0282. The minimum atomic E-state index is -5.02. The number of anilines is 1. The molecule has 1 saturated carbocycles. The molecule has 204 valence electrons. The summed E-state index contributed by atoms with van der Waals surface area (Å²) in [5, 5.41) is 1.91. The lowest BCUT2D eigenvalue weighted by Gasteiger charge is -2.30. The predicted octanol–water partition coefficient (Wildman–Crippen LogP) is 6.34. The first-order valence-electron chi connectivity index (χ1n) is 12.0. The van der Waals surface area contributed by atoms with Gasteiger partial charge in [-0.2, -0.15) is 26.3 Å². The van der Waals surface area contributed by atoms with Crippen molar-refractivity contribution in [2.24, 2.45) is 5.73 Å². The molecular weight excluding hydrogens is 492 g/mol. The van der Waals surface area contributed by atoms with E-state index in [-0.39, 0.29) is 25.0 Å². The van der Waals surface area contributed by atoms with Gasteiger partial charge >= 0.3 is 18.4 Å². The second kappa shape index (κ2) is 12.6. The molecule has 3 N–H and O–H groups in total. The average molecular weight is 526 g/mol. The summed E-state index contributed by atoms with van der Waals surface area (Å²) in [6.45, 7) is 2.64.